The highest BCUT2D eigenvalue weighted by Gasteiger charge is 2.29. The quantitative estimate of drug-likeness (QED) is 0.463. The zero-order valence-corrected chi connectivity index (χ0v) is 20.0. The molecule has 12 heteroatoms. The lowest BCUT2D eigenvalue weighted by atomic mass is 10.2. The third-order valence-corrected chi connectivity index (χ3v) is 7.75. The summed E-state index contributed by atoms with van der Waals surface area (Å²) in [5, 5.41) is 15.0. The molecule has 1 N–H and O–H groups in total. The summed E-state index contributed by atoms with van der Waals surface area (Å²) in [4.78, 5) is 27.0. The summed E-state index contributed by atoms with van der Waals surface area (Å²) in [5.74, 6) is 0. The fourth-order valence-corrected chi connectivity index (χ4v) is 5.38. The van der Waals surface area contributed by atoms with Crippen molar-refractivity contribution in [2.24, 2.45) is 0 Å². The van der Waals surface area contributed by atoms with Gasteiger partial charge in [0, 0.05) is 56.0 Å². The van der Waals surface area contributed by atoms with Gasteiger partial charge in [0.2, 0.25) is 10.0 Å². The van der Waals surface area contributed by atoms with Crippen molar-refractivity contribution in [1.29, 1.82) is 0 Å². The summed E-state index contributed by atoms with van der Waals surface area (Å²) in [7, 11) is -3.82. The Morgan fingerprint density at radius 2 is 1.79 bits per heavy atom. The maximum atomic E-state index is 12.8. The van der Waals surface area contributed by atoms with Crippen LogP contribution in [0.1, 0.15) is 13.8 Å². The molecular formula is C21H26ClN5O5S. The van der Waals surface area contributed by atoms with Crippen molar-refractivity contribution in [2.75, 3.05) is 49.5 Å². The number of nitro groups is 1. The Bertz CT molecular complexity index is 1130. The second kappa shape index (κ2) is 10.4. The number of amides is 2. The number of halogens is 1. The van der Waals surface area contributed by atoms with Crippen LogP contribution in [0.2, 0.25) is 5.02 Å². The van der Waals surface area contributed by atoms with Gasteiger partial charge in [-0.25, -0.2) is 13.2 Å². The first-order chi connectivity index (χ1) is 15.7. The number of nitrogens with one attached hydrogen (secondary N) is 1. The normalized spacial score (nSPS) is 14.4. The number of carbonyl (C=O) groups is 1. The molecule has 2 amide bonds. The average Bonchev–Trinajstić information content (AvgIpc) is 2.79. The predicted octanol–water partition coefficient (Wildman–Crippen LogP) is 3.63. The van der Waals surface area contributed by atoms with Crippen molar-refractivity contribution in [1.82, 2.24) is 9.21 Å². The van der Waals surface area contributed by atoms with E-state index in [4.69, 9.17) is 11.6 Å². The van der Waals surface area contributed by atoms with E-state index in [2.05, 4.69) is 5.32 Å². The van der Waals surface area contributed by atoms with Gasteiger partial charge in [0.25, 0.3) is 5.69 Å². The van der Waals surface area contributed by atoms with Gasteiger partial charge in [0.15, 0.2) is 0 Å². The van der Waals surface area contributed by atoms with Gasteiger partial charge < -0.3 is 15.1 Å². The molecular weight excluding hydrogens is 470 g/mol. The van der Waals surface area contributed by atoms with Gasteiger partial charge in [-0.1, -0.05) is 31.5 Å². The maximum Gasteiger partial charge on any atom is 0.321 e. The Labute approximate surface area is 197 Å². The molecule has 2 aromatic carbocycles. The van der Waals surface area contributed by atoms with E-state index in [1.54, 1.807) is 47.9 Å². The number of hydrogen-bond donors (Lipinski definition) is 1. The highest BCUT2D eigenvalue weighted by atomic mass is 35.5. The van der Waals surface area contributed by atoms with E-state index in [0.29, 0.717) is 42.6 Å². The van der Waals surface area contributed by atoms with Gasteiger partial charge in [-0.3, -0.25) is 10.1 Å². The first-order valence-electron chi connectivity index (χ1n) is 10.5. The number of sulfonamides is 1. The molecule has 1 fully saturated rings. The lowest BCUT2D eigenvalue weighted by Crippen LogP contribution is -2.50. The molecule has 0 radical (unpaired) electrons. The number of anilines is 2. The fourth-order valence-electron chi connectivity index (χ4n) is 3.71. The van der Waals surface area contributed by atoms with Gasteiger partial charge in [-0.2, -0.15) is 4.31 Å². The fraction of sp³-hybridized carbons (Fsp3) is 0.381. The van der Waals surface area contributed by atoms with E-state index in [-0.39, 0.29) is 29.7 Å². The van der Waals surface area contributed by atoms with E-state index < -0.39 is 14.9 Å². The second-order valence-electron chi connectivity index (χ2n) is 7.41. The molecule has 1 saturated heterocycles. The molecule has 3 rings (SSSR count). The SMILES string of the molecule is CCN(CC)S(=O)(=O)c1ccc(N2CCN(C(=O)Nc3cccc(Cl)c3)CC2)c([N+](=O)[O-])c1. The van der Waals surface area contributed by atoms with Crippen molar-refractivity contribution in [2.45, 2.75) is 18.7 Å². The monoisotopic (exact) mass is 495 g/mol. The van der Waals surface area contributed by atoms with Crippen LogP contribution in [0, 0.1) is 10.1 Å². The summed E-state index contributed by atoms with van der Waals surface area (Å²) in [6.07, 6.45) is 0. The summed E-state index contributed by atoms with van der Waals surface area (Å²) in [6.45, 7) is 5.41. The van der Waals surface area contributed by atoms with Crippen molar-refractivity contribution >= 4 is 44.7 Å². The molecule has 0 saturated carbocycles. The number of piperazine rings is 1. The van der Waals surface area contributed by atoms with E-state index in [9.17, 15) is 23.3 Å². The summed E-state index contributed by atoms with van der Waals surface area (Å²) < 4.78 is 26.8. The molecule has 0 aromatic heterocycles. The minimum Gasteiger partial charge on any atom is -0.362 e. The summed E-state index contributed by atoms with van der Waals surface area (Å²) in [6, 6.07) is 10.5. The number of hydrogen-bond acceptors (Lipinski definition) is 6. The van der Waals surface area contributed by atoms with Crippen LogP contribution in [0.25, 0.3) is 0 Å². The third-order valence-electron chi connectivity index (χ3n) is 5.47. The maximum absolute atomic E-state index is 12.8. The molecule has 0 spiro atoms. The first-order valence-corrected chi connectivity index (χ1v) is 12.3. The average molecular weight is 496 g/mol. The lowest BCUT2D eigenvalue weighted by molar-refractivity contribution is -0.384. The zero-order valence-electron chi connectivity index (χ0n) is 18.4. The van der Waals surface area contributed by atoms with Crippen LogP contribution in [-0.4, -0.2) is 67.8 Å². The van der Waals surface area contributed by atoms with Crippen LogP contribution >= 0.6 is 11.6 Å². The highest BCUT2D eigenvalue weighted by Crippen LogP contribution is 2.32. The molecule has 1 aliphatic heterocycles. The number of nitrogens with zero attached hydrogens (tertiary/aromatic N) is 4. The van der Waals surface area contributed by atoms with Gasteiger partial charge >= 0.3 is 6.03 Å². The van der Waals surface area contributed by atoms with E-state index in [0.717, 1.165) is 6.07 Å². The molecule has 1 heterocycles. The standard InChI is InChI=1S/C21H26ClN5O5S/c1-3-26(4-2)33(31,32)18-8-9-19(20(15-18)27(29)30)24-10-12-25(13-11-24)21(28)23-17-7-5-6-16(22)14-17/h5-9,14-15H,3-4,10-13H2,1-2H3,(H,23,28). The molecule has 0 bridgehead atoms. The van der Waals surface area contributed by atoms with Crippen molar-refractivity contribution in [3.8, 4) is 0 Å². The largest absolute Gasteiger partial charge is 0.362 e. The van der Waals surface area contributed by atoms with Gasteiger partial charge in [-0.15, -0.1) is 0 Å². The number of urea groups is 1. The van der Waals surface area contributed by atoms with E-state index in [1.165, 1.54) is 16.4 Å². The minimum atomic E-state index is -3.82. The first kappa shape index (κ1) is 24.7. The van der Waals surface area contributed by atoms with Gasteiger partial charge in [0.1, 0.15) is 5.69 Å². The minimum absolute atomic E-state index is 0.110. The van der Waals surface area contributed by atoms with Crippen LogP contribution in [-0.2, 0) is 10.0 Å². The van der Waals surface area contributed by atoms with Crippen molar-refractivity contribution in [3.63, 3.8) is 0 Å². The third kappa shape index (κ3) is 5.55. The molecule has 178 valence electrons. The topological polar surface area (TPSA) is 116 Å². The lowest BCUT2D eigenvalue weighted by Gasteiger charge is -2.35. The zero-order chi connectivity index (χ0) is 24.2. The second-order valence-corrected chi connectivity index (χ2v) is 9.79. The number of nitro benzene ring substituents is 1. The van der Waals surface area contributed by atoms with Crippen molar-refractivity contribution in [3.05, 3.63) is 57.6 Å². The van der Waals surface area contributed by atoms with E-state index >= 15 is 0 Å². The number of benzene rings is 2. The highest BCUT2D eigenvalue weighted by molar-refractivity contribution is 7.89. The molecule has 0 aliphatic carbocycles. The molecule has 33 heavy (non-hydrogen) atoms. The van der Waals surface area contributed by atoms with E-state index in [1.807, 2.05) is 0 Å². The van der Waals surface area contributed by atoms with Crippen LogP contribution in [0.4, 0.5) is 21.9 Å². The molecule has 1 aliphatic rings. The Morgan fingerprint density at radius 1 is 1.12 bits per heavy atom. The van der Waals surface area contributed by atoms with Crippen LogP contribution in [0.5, 0.6) is 0 Å². The van der Waals surface area contributed by atoms with Crippen LogP contribution in [0.3, 0.4) is 0 Å². The molecule has 2 aromatic rings. The number of carbonyl (C=O) groups excluding carboxylic acids is 1. The molecule has 0 atom stereocenters. The Kier molecular flexibility index (Phi) is 7.77. The van der Waals surface area contributed by atoms with Crippen LogP contribution < -0.4 is 10.2 Å². The smallest absolute Gasteiger partial charge is 0.321 e. The predicted molar refractivity (Wildman–Crippen MR) is 127 cm³/mol. The molecule has 0 unspecified atom stereocenters. The Balaban J connectivity index is 1.74. The van der Waals surface area contributed by atoms with Gasteiger partial charge in [-0.05, 0) is 30.3 Å². The molecule has 10 nitrogen and oxygen atoms in total. The Hall–Kier alpha value is -2.89. The van der Waals surface area contributed by atoms with Gasteiger partial charge in [0.05, 0.1) is 9.82 Å². The van der Waals surface area contributed by atoms with Crippen LogP contribution in [0.15, 0.2) is 47.4 Å². The number of rotatable bonds is 7. The van der Waals surface area contributed by atoms with Crippen molar-refractivity contribution < 1.29 is 18.1 Å². The summed E-state index contributed by atoms with van der Waals surface area (Å²) in [5.41, 5.74) is 0.629. The Morgan fingerprint density at radius 3 is 2.36 bits per heavy atom. The summed E-state index contributed by atoms with van der Waals surface area (Å²) >= 11 is 5.95.